The molecule has 3 heterocycles. The van der Waals surface area contributed by atoms with Crippen LogP contribution in [-0.2, 0) is 11.8 Å². The van der Waals surface area contributed by atoms with Crippen LogP contribution in [0.4, 0.5) is 15.9 Å². The Balaban J connectivity index is 1.52. The monoisotopic (exact) mass is 451 g/mol. The molecule has 0 bridgehead atoms. The number of benzene rings is 1. The molecule has 2 N–H and O–H groups in total. The SMILES string of the molecule is Cc1cc(C(=O)Nc2cc(Oc3ccc4nc(NC(=O)C(C)C)cn4n3)ccc2F)n(C)n1. The molecule has 11 heteroatoms. The van der Waals surface area contributed by atoms with Crippen molar-refractivity contribution in [1.82, 2.24) is 24.4 Å². The zero-order valence-corrected chi connectivity index (χ0v) is 18.5. The maximum atomic E-state index is 14.3. The average Bonchev–Trinajstić information content (AvgIpc) is 3.31. The molecule has 0 radical (unpaired) electrons. The maximum Gasteiger partial charge on any atom is 0.274 e. The Kier molecular flexibility index (Phi) is 5.78. The van der Waals surface area contributed by atoms with Crippen LogP contribution < -0.4 is 15.4 Å². The van der Waals surface area contributed by atoms with Gasteiger partial charge in [0, 0.05) is 25.1 Å². The molecule has 1 aromatic carbocycles. The van der Waals surface area contributed by atoms with Crippen molar-refractivity contribution in [2.24, 2.45) is 13.0 Å². The summed E-state index contributed by atoms with van der Waals surface area (Å²) in [6, 6.07) is 8.85. The summed E-state index contributed by atoms with van der Waals surface area (Å²) in [6.07, 6.45) is 1.56. The van der Waals surface area contributed by atoms with Crippen LogP contribution in [0.25, 0.3) is 5.65 Å². The van der Waals surface area contributed by atoms with Crippen molar-refractivity contribution in [3.8, 4) is 11.6 Å². The van der Waals surface area contributed by atoms with Gasteiger partial charge in [0.25, 0.3) is 5.91 Å². The minimum Gasteiger partial charge on any atom is -0.438 e. The molecule has 3 aromatic heterocycles. The number of anilines is 2. The number of amides is 2. The number of aromatic nitrogens is 5. The van der Waals surface area contributed by atoms with E-state index in [1.165, 1.54) is 27.4 Å². The molecule has 0 saturated heterocycles. The molecule has 33 heavy (non-hydrogen) atoms. The van der Waals surface area contributed by atoms with Gasteiger partial charge in [-0.1, -0.05) is 13.8 Å². The highest BCUT2D eigenvalue weighted by atomic mass is 19.1. The van der Waals surface area contributed by atoms with E-state index in [2.05, 4.69) is 25.8 Å². The lowest BCUT2D eigenvalue weighted by Crippen LogP contribution is -2.17. The number of carbonyl (C=O) groups excluding carboxylic acids is 2. The zero-order valence-electron chi connectivity index (χ0n) is 18.5. The zero-order chi connectivity index (χ0) is 23.7. The number of rotatable bonds is 6. The van der Waals surface area contributed by atoms with Gasteiger partial charge in [0.1, 0.15) is 17.3 Å². The van der Waals surface area contributed by atoms with Gasteiger partial charge in [-0.25, -0.2) is 13.9 Å². The van der Waals surface area contributed by atoms with Crippen LogP contribution in [-0.4, -0.2) is 36.2 Å². The molecule has 0 atom stereocenters. The van der Waals surface area contributed by atoms with Crippen molar-refractivity contribution >= 4 is 29.0 Å². The van der Waals surface area contributed by atoms with Gasteiger partial charge >= 0.3 is 0 Å². The smallest absolute Gasteiger partial charge is 0.274 e. The third kappa shape index (κ3) is 4.81. The molecule has 10 nitrogen and oxygen atoms in total. The molecule has 0 saturated carbocycles. The van der Waals surface area contributed by atoms with E-state index >= 15 is 0 Å². The van der Waals surface area contributed by atoms with Crippen molar-refractivity contribution in [2.75, 3.05) is 10.6 Å². The molecular weight excluding hydrogens is 429 g/mol. The van der Waals surface area contributed by atoms with Crippen molar-refractivity contribution < 1.29 is 18.7 Å². The van der Waals surface area contributed by atoms with E-state index in [0.717, 1.165) is 0 Å². The van der Waals surface area contributed by atoms with E-state index in [1.54, 1.807) is 52.2 Å². The second-order valence-electron chi connectivity index (χ2n) is 7.74. The van der Waals surface area contributed by atoms with E-state index < -0.39 is 11.7 Å². The first-order valence-corrected chi connectivity index (χ1v) is 10.2. The van der Waals surface area contributed by atoms with Gasteiger partial charge in [0.05, 0.1) is 17.6 Å². The van der Waals surface area contributed by atoms with Gasteiger partial charge in [-0.15, -0.1) is 5.10 Å². The summed E-state index contributed by atoms with van der Waals surface area (Å²) < 4.78 is 22.9. The Morgan fingerprint density at radius 2 is 1.88 bits per heavy atom. The van der Waals surface area contributed by atoms with E-state index in [-0.39, 0.29) is 29.1 Å². The summed E-state index contributed by atoms with van der Waals surface area (Å²) in [5, 5.41) is 13.7. The lowest BCUT2D eigenvalue weighted by Gasteiger charge is -2.10. The summed E-state index contributed by atoms with van der Waals surface area (Å²) in [5.74, 6) is -0.591. The van der Waals surface area contributed by atoms with E-state index in [1.807, 2.05) is 0 Å². The van der Waals surface area contributed by atoms with Crippen LogP contribution in [0.15, 0.2) is 42.6 Å². The Morgan fingerprint density at radius 3 is 2.58 bits per heavy atom. The van der Waals surface area contributed by atoms with E-state index in [0.29, 0.717) is 22.9 Å². The van der Waals surface area contributed by atoms with Crippen molar-refractivity contribution in [3.63, 3.8) is 0 Å². The molecule has 170 valence electrons. The molecule has 0 aliphatic heterocycles. The predicted octanol–water partition coefficient (Wildman–Crippen LogP) is 3.55. The van der Waals surface area contributed by atoms with Crippen LogP contribution in [0, 0.1) is 18.7 Å². The fourth-order valence-corrected chi connectivity index (χ4v) is 3.04. The minimum atomic E-state index is -0.613. The Labute approximate surface area is 188 Å². The quantitative estimate of drug-likeness (QED) is 0.463. The number of hydrogen-bond donors (Lipinski definition) is 2. The van der Waals surface area contributed by atoms with E-state index in [4.69, 9.17) is 4.74 Å². The van der Waals surface area contributed by atoms with Gasteiger partial charge in [0.2, 0.25) is 11.8 Å². The third-order valence-corrected chi connectivity index (χ3v) is 4.71. The molecule has 4 rings (SSSR count). The number of carbonyl (C=O) groups is 2. The fraction of sp³-hybridized carbons (Fsp3) is 0.227. The Hall–Kier alpha value is -4.28. The molecule has 4 aromatic rings. The Bertz CT molecular complexity index is 1360. The highest BCUT2D eigenvalue weighted by Crippen LogP contribution is 2.26. The third-order valence-electron chi connectivity index (χ3n) is 4.71. The number of imidazole rings is 1. The normalized spacial score (nSPS) is 11.1. The number of halogens is 1. The standard InChI is InChI=1S/C22H22FN7O3/c1-12(2)21(31)26-18-11-30-19(25-18)7-8-20(28-30)33-14-5-6-15(23)16(10-14)24-22(32)17-9-13(3)27-29(17)4/h5-12H,1-4H3,(H,24,32)(H,26,31). The van der Waals surface area contributed by atoms with Gasteiger partial charge in [-0.05, 0) is 31.2 Å². The number of fused-ring (bicyclic) bond motifs is 1. The topological polar surface area (TPSA) is 115 Å². The van der Waals surface area contributed by atoms with Gasteiger partial charge in [-0.3, -0.25) is 14.3 Å². The fourth-order valence-electron chi connectivity index (χ4n) is 3.04. The number of hydrogen-bond acceptors (Lipinski definition) is 6. The summed E-state index contributed by atoms with van der Waals surface area (Å²) in [5.41, 5.74) is 1.44. The minimum absolute atomic E-state index is 0.0428. The first kappa shape index (κ1) is 21.9. The Morgan fingerprint density at radius 1 is 1.09 bits per heavy atom. The molecule has 0 aliphatic rings. The maximum absolute atomic E-state index is 14.3. The van der Waals surface area contributed by atoms with Gasteiger partial charge in [0.15, 0.2) is 11.5 Å². The van der Waals surface area contributed by atoms with Crippen LogP contribution in [0.2, 0.25) is 0 Å². The lowest BCUT2D eigenvalue weighted by atomic mass is 10.2. The summed E-state index contributed by atoms with van der Waals surface area (Å²) >= 11 is 0. The average molecular weight is 451 g/mol. The van der Waals surface area contributed by atoms with Gasteiger partial charge < -0.3 is 15.4 Å². The number of nitrogens with zero attached hydrogens (tertiary/aromatic N) is 5. The van der Waals surface area contributed by atoms with Gasteiger partial charge in [-0.2, -0.15) is 5.10 Å². The van der Waals surface area contributed by atoms with Crippen LogP contribution in [0.5, 0.6) is 11.6 Å². The van der Waals surface area contributed by atoms with Crippen LogP contribution >= 0.6 is 0 Å². The number of aryl methyl sites for hydroxylation is 2. The first-order chi connectivity index (χ1) is 15.7. The molecule has 0 spiro atoms. The number of ether oxygens (including phenoxy) is 1. The first-order valence-electron chi connectivity index (χ1n) is 10.2. The molecule has 0 unspecified atom stereocenters. The summed E-state index contributed by atoms with van der Waals surface area (Å²) in [7, 11) is 1.63. The highest BCUT2D eigenvalue weighted by Gasteiger charge is 2.15. The van der Waals surface area contributed by atoms with Crippen LogP contribution in [0.3, 0.4) is 0 Å². The van der Waals surface area contributed by atoms with Crippen molar-refractivity contribution in [1.29, 1.82) is 0 Å². The highest BCUT2D eigenvalue weighted by molar-refractivity contribution is 6.03. The molecule has 2 amide bonds. The van der Waals surface area contributed by atoms with E-state index in [9.17, 15) is 14.0 Å². The summed E-state index contributed by atoms with van der Waals surface area (Å²) in [6.45, 7) is 5.33. The second kappa shape index (κ2) is 8.69. The second-order valence-corrected chi connectivity index (χ2v) is 7.74. The molecule has 0 aliphatic carbocycles. The molecular formula is C22H22FN7O3. The largest absolute Gasteiger partial charge is 0.438 e. The molecule has 0 fully saturated rings. The lowest BCUT2D eigenvalue weighted by molar-refractivity contribution is -0.118. The summed E-state index contributed by atoms with van der Waals surface area (Å²) in [4.78, 5) is 28.7. The predicted molar refractivity (Wildman–Crippen MR) is 119 cm³/mol. The number of nitrogens with one attached hydrogen (secondary N) is 2. The van der Waals surface area contributed by atoms with Crippen molar-refractivity contribution in [2.45, 2.75) is 20.8 Å². The van der Waals surface area contributed by atoms with Crippen molar-refractivity contribution in [3.05, 3.63) is 59.8 Å². The van der Waals surface area contributed by atoms with Crippen LogP contribution in [0.1, 0.15) is 30.0 Å².